The smallest absolute Gasteiger partial charge is 0.411 e. The number of H-pyrrole nitrogens is 1. The fraction of sp³-hybridized carbons (Fsp3) is 0.192. The van der Waals surface area contributed by atoms with Crippen molar-refractivity contribution in [1.82, 2.24) is 4.98 Å². The third-order valence-electron chi connectivity index (χ3n) is 5.67. The van der Waals surface area contributed by atoms with E-state index in [9.17, 15) is 17.8 Å². The number of anilines is 1. The summed E-state index contributed by atoms with van der Waals surface area (Å²) in [5.74, 6) is 0. The minimum absolute atomic E-state index is 0.0805. The van der Waals surface area contributed by atoms with E-state index in [1.165, 1.54) is 6.07 Å². The van der Waals surface area contributed by atoms with Crippen LogP contribution in [0.1, 0.15) is 30.0 Å². The first-order valence-corrected chi connectivity index (χ1v) is 12.4. The van der Waals surface area contributed by atoms with Crippen LogP contribution in [-0.4, -0.2) is 24.0 Å². The number of carbonyl (C=O) groups excluding carboxylic acids is 1. The van der Waals surface area contributed by atoms with Gasteiger partial charge in [-0.1, -0.05) is 49.7 Å². The van der Waals surface area contributed by atoms with E-state index in [4.69, 9.17) is 4.74 Å². The van der Waals surface area contributed by atoms with Crippen LogP contribution in [0.5, 0.6) is 0 Å². The van der Waals surface area contributed by atoms with Crippen LogP contribution < -0.4 is 5.32 Å². The molecule has 0 saturated heterocycles. The molecule has 34 heavy (non-hydrogen) atoms. The predicted molar refractivity (Wildman–Crippen MR) is 133 cm³/mol. The van der Waals surface area contributed by atoms with Crippen molar-refractivity contribution in [2.45, 2.75) is 38.2 Å². The number of fused-ring (bicyclic) bond motifs is 1. The molecule has 0 aliphatic heterocycles. The Labute approximate surface area is 198 Å². The van der Waals surface area contributed by atoms with Crippen LogP contribution in [0.25, 0.3) is 22.0 Å². The van der Waals surface area contributed by atoms with E-state index >= 15 is 0 Å². The molecule has 176 valence electrons. The number of benzene rings is 3. The highest BCUT2D eigenvalue weighted by atomic mass is 32.2. The molecule has 0 aliphatic rings. The van der Waals surface area contributed by atoms with Gasteiger partial charge in [0.25, 0.3) is 10.1 Å². The van der Waals surface area contributed by atoms with Gasteiger partial charge in [-0.05, 0) is 59.9 Å². The molecule has 0 aliphatic carbocycles. The lowest BCUT2D eigenvalue weighted by atomic mass is 9.92. The maximum Gasteiger partial charge on any atom is 0.411 e. The average molecular weight is 479 g/mol. The standard InChI is InChI=1S/C26H26N2O5S/c1-3-7-20-24(34(30,31)32)13-10-17(2)25(20)22-15-27-23-12-11-19(14-21(22)23)28-26(29)33-16-18-8-5-4-6-9-18/h4-6,8-15,27H,3,7,16H2,1-2H3,(H,28,29)(H,30,31,32). The molecule has 1 heterocycles. The van der Waals surface area contributed by atoms with Gasteiger partial charge in [0.1, 0.15) is 6.61 Å². The molecule has 1 aromatic heterocycles. The summed E-state index contributed by atoms with van der Waals surface area (Å²) in [6.45, 7) is 4.02. The molecule has 3 N–H and O–H groups in total. The molecule has 7 nitrogen and oxygen atoms in total. The summed E-state index contributed by atoms with van der Waals surface area (Å²) in [7, 11) is -4.38. The van der Waals surface area contributed by atoms with Gasteiger partial charge in [-0.15, -0.1) is 0 Å². The van der Waals surface area contributed by atoms with Gasteiger partial charge < -0.3 is 9.72 Å². The van der Waals surface area contributed by atoms with Gasteiger partial charge in [0.05, 0.1) is 4.90 Å². The lowest BCUT2D eigenvalue weighted by Crippen LogP contribution is -2.13. The normalized spacial score (nSPS) is 11.5. The first-order valence-electron chi connectivity index (χ1n) is 11.0. The number of aromatic nitrogens is 1. The lowest BCUT2D eigenvalue weighted by molar-refractivity contribution is 0.155. The Morgan fingerprint density at radius 2 is 1.85 bits per heavy atom. The number of rotatable bonds is 7. The van der Waals surface area contributed by atoms with Crippen LogP contribution in [0.4, 0.5) is 10.5 Å². The van der Waals surface area contributed by atoms with Crippen molar-refractivity contribution >= 4 is 32.8 Å². The number of hydrogen-bond donors (Lipinski definition) is 3. The Kier molecular flexibility index (Phi) is 6.72. The Bertz CT molecular complexity index is 1440. The first-order chi connectivity index (χ1) is 16.3. The summed E-state index contributed by atoms with van der Waals surface area (Å²) < 4.78 is 39.2. The predicted octanol–water partition coefficient (Wildman–Crippen LogP) is 6.09. The minimum Gasteiger partial charge on any atom is -0.444 e. The van der Waals surface area contributed by atoms with Crippen molar-refractivity contribution in [1.29, 1.82) is 0 Å². The third kappa shape index (κ3) is 4.98. The molecule has 8 heteroatoms. The molecule has 4 aromatic rings. The van der Waals surface area contributed by atoms with Gasteiger partial charge in [-0.3, -0.25) is 9.87 Å². The van der Waals surface area contributed by atoms with E-state index in [0.29, 0.717) is 24.1 Å². The average Bonchev–Trinajstić information content (AvgIpc) is 3.21. The molecule has 0 radical (unpaired) electrons. The molecule has 4 rings (SSSR count). The van der Waals surface area contributed by atoms with Crippen LogP contribution in [-0.2, 0) is 27.9 Å². The Morgan fingerprint density at radius 1 is 1.09 bits per heavy atom. The van der Waals surface area contributed by atoms with Crippen LogP contribution in [0.2, 0.25) is 0 Å². The van der Waals surface area contributed by atoms with Crippen molar-refractivity contribution in [2.24, 2.45) is 0 Å². The molecule has 1 amide bonds. The third-order valence-corrected chi connectivity index (χ3v) is 6.60. The largest absolute Gasteiger partial charge is 0.444 e. The zero-order valence-corrected chi connectivity index (χ0v) is 19.8. The van der Waals surface area contributed by atoms with Crippen molar-refractivity contribution < 1.29 is 22.5 Å². The van der Waals surface area contributed by atoms with E-state index in [2.05, 4.69) is 10.3 Å². The van der Waals surface area contributed by atoms with E-state index < -0.39 is 16.2 Å². The van der Waals surface area contributed by atoms with E-state index in [1.807, 2.05) is 62.5 Å². The van der Waals surface area contributed by atoms with Gasteiger partial charge in [0, 0.05) is 28.4 Å². The number of aromatic amines is 1. The monoisotopic (exact) mass is 478 g/mol. The lowest BCUT2D eigenvalue weighted by Gasteiger charge is -2.16. The number of carbonyl (C=O) groups is 1. The molecule has 0 spiro atoms. The quantitative estimate of drug-likeness (QED) is 0.279. The maximum atomic E-state index is 12.3. The van der Waals surface area contributed by atoms with Gasteiger partial charge in [0.2, 0.25) is 0 Å². The summed E-state index contributed by atoms with van der Waals surface area (Å²) in [6.07, 6.45) is 2.44. The second-order valence-electron chi connectivity index (χ2n) is 8.11. The Morgan fingerprint density at radius 3 is 2.56 bits per heavy atom. The molecule has 0 fully saturated rings. The topological polar surface area (TPSA) is 108 Å². The minimum atomic E-state index is -4.38. The van der Waals surface area contributed by atoms with E-state index in [0.717, 1.165) is 33.2 Å². The summed E-state index contributed by atoms with van der Waals surface area (Å²) in [5, 5.41) is 3.57. The van der Waals surface area contributed by atoms with Crippen molar-refractivity contribution in [3.8, 4) is 11.1 Å². The molecule has 0 bridgehead atoms. The molecule has 3 aromatic carbocycles. The van der Waals surface area contributed by atoms with Crippen LogP contribution in [0.15, 0.2) is 71.8 Å². The summed E-state index contributed by atoms with van der Waals surface area (Å²) in [6, 6.07) is 18.0. The van der Waals surface area contributed by atoms with E-state index in [-0.39, 0.29) is 11.5 Å². The number of ether oxygens (including phenoxy) is 1. The number of aryl methyl sites for hydroxylation is 1. The fourth-order valence-corrected chi connectivity index (χ4v) is 4.90. The Hall–Kier alpha value is -3.62. The molecular weight excluding hydrogens is 452 g/mol. The van der Waals surface area contributed by atoms with Crippen molar-refractivity contribution in [3.05, 3.63) is 83.6 Å². The maximum absolute atomic E-state index is 12.3. The highest BCUT2D eigenvalue weighted by molar-refractivity contribution is 7.85. The molecule has 0 unspecified atom stereocenters. The zero-order chi connectivity index (χ0) is 24.3. The van der Waals surface area contributed by atoms with Crippen LogP contribution >= 0.6 is 0 Å². The first kappa shape index (κ1) is 23.5. The fourth-order valence-electron chi connectivity index (χ4n) is 4.14. The molecule has 0 atom stereocenters. The van der Waals surface area contributed by atoms with Crippen LogP contribution in [0.3, 0.4) is 0 Å². The second kappa shape index (κ2) is 9.70. The van der Waals surface area contributed by atoms with Gasteiger partial charge in [-0.25, -0.2) is 4.79 Å². The van der Waals surface area contributed by atoms with Crippen molar-refractivity contribution in [2.75, 3.05) is 5.32 Å². The summed E-state index contributed by atoms with van der Waals surface area (Å²) in [5.41, 5.74) is 5.28. The summed E-state index contributed by atoms with van der Waals surface area (Å²) >= 11 is 0. The van der Waals surface area contributed by atoms with Crippen molar-refractivity contribution in [3.63, 3.8) is 0 Å². The number of nitrogens with one attached hydrogen (secondary N) is 2. The molecular formula is C26H26N2O5S. The second-order valence-corrected chi connectivity index (χ2v) is 9.50. The molecule has 0 saturated carbocycles. The summed E-state index contributed by atoms with van der Waals surface area (Å²) in [4.78, 5) is 15.5. The Balaban J connectivity index is 1.69. The van der Waals surface area contributed by atoms with E-state index in [1.54, 1.807) is 12.1 Å². The number of amides is 1. The van der Waals surface area contributed by atoms with Gasteiger partial charge in [-0.2, -0.15) is 8.42 Å². The highest BCUT2D eigenvalue weighted by Crippen LogP contribution is 2.38. The SMILES string of the molecule is CCCc1c(S(=O)(=O)O)ccc(C)c1-c1c[nH]c2ccc(NC(=O)OCc3ccccc3)cc12. The van der Waals surface area contributed by atoms with Gasteiger partial charge >= 0.3 is 6.09 Å². The number of hydrogen-bond acceptors (Lipinski definition) is 4. The van der Waals surface area contributed by atoms with Crippen LogP contribution in [0, 0.1) is 6.92 Å². The zero-order valence-electron chi connectivity index (χ0n) is 19.0. The van der Waals surface area contributed by atoms with Gasteiger partial charge in [0.15, 0.2) is 0 Å². The highest BCUT2D eigenvalue weighted by Gasteiger charge is 2.22.